The predicted molar refractivity (Wildman–Crippen MR) is 75.8 cm³/mol. The van der Waals surface area contributed by atoms with Crippen LogP contribution in [-0.2, 0) is 0 Å². The van der Waals surface area contributed by atoms with Gasteiger partial charge in [0, 0.05) is 6.04 Å². The van der Waals surface area contributed by atoms with Crippen molar-refractivity contribution in [3.63, 3.8) is 0 Å². The molecular weight excluding hydrogens is 264 g/mol. The monoisotopic (exact) mass is 282 g/mol. The Hall–Kier alpha value is -1.29. The van der Waals surface area contributed by atoms with E-state index in [1.165, 1.54) is 18.6 Å². The van der Waals surface area contributed by atoms with Crippen LogP contribution >= 0.6 is 11.6 Å². The number of pyridine rings is 1. The number of halogens is 1. The van der Waals surface area contributed by atoms with Crippen molar-refractivity contribution in [2.45, 2.75) is 39.2 Å². The van der Waals surface area contributed by atoms with Gasteiger partial charge in [0.05, 0.1) is 0 Å². The highest BCUT2D eigenvalue weighted by molar-refractivity contribution is 6.29. The third-order valence-corrected chi connectivity index (χ3v) is 3.82. The fourth-order valence-electron chi connectivity index (χ4n) is 2.98. The molecule has 19 heavy (non-hydrogen) atoms. The lowest BCUT2D eigenvalue weighted by Crippen LogP contribution is -2.31. The van der Waals surface area contributed by atoms with Gasteiger partial charge in [-0.25, -0.2) is 9.78 Å². The maximum atomic E-state index is 11.2. The maximum Gasteiger partial charge on any atom is 0.339 e. The van der Waals surface area contributed by atoms with Gasteiger partial charge in [-0.05, 0) is 43.2 Å². The number of aromatic nitrogens is 1. The molecule has 1 fully saturated rings. The van der Waals surface area contributed by atoms with Crippen LogP contribution in [0, 0.1) is 11.8 Å². The van der Waals surface area contributed by atoms with Crippen molar-refractivity contribution in [2.75, 3.05) is 5.32 Å². The molecule has 2 atom stereocenters. The van der Waals surface area contributed by atoms with E-state index in [2.05, 4.69) is 24.1 Å². The van der Waals surface area contributed by atoms with Gasteiger partial charge >= 0.3 is 5.97 Å². The van der Waals surface area contributed by atoms with E-state index in [1.54, 1.807) is 0 Å². The summed E-state index contributed by atoms with van der Waals surface area (Å²) in [6.45, 7) is 4.46. The lowest BCUT2D eigenvalue weighted by Gasteiger charge is -2.32. The molecule has 2 N–H and O–H groups in total. The first-order chi connectivity index (χ1) is 8.95. The second-order valence-electron chi connectivity index (χ2n) is 5.59. The van der Waals surface area contributed by atoms with Gasteiger partial charge in [-0.2, -0.15) is 0 Å². The van der Waals surface area contributed by atoms with Gasteiger partial charge in [0.2, 0.25) is 0 Å². The molecule has 0 spiro atoms. The van der Waals surface area contributed by atoms with Gasteiger partial charge in [0.1, 0.15) is 16.5 Å². The number of aromatic carboxylic acids is 1. The van der Waals surface area contributed by atoms with Crippen molar-refractivity contribution in [1.29, 1.82) is 0 Å². The molecule has 0 amide bonds. The minimum absolute atomic E-state index is 0.176. The molecule has 2 rings (SSSR count). The highest BCUT2D eigenvalue weighted by Crippen LogP contribution is 2.31. The Labute approximate surface area is 118 Å². The molecule has 5 heteroatoms. The molecule has 1 aromatic heterocycles. The standard InChI is InChI=1S/C14H19ClN2O2/c1-8-5-9(2)7-10(6-8)16-13-11(14(18)19)3-4-12(15)17-13/h3-4,8-10H,5-7H2,1-2H3,(H,16,17)(H,18,19). The lowest BCUT2D eigenvalue weighted by atomic mass is 9.80. The number of nitrogens with one attached hydrogen (secondary N) is 1. The van der Waals surface area contributed by atoms with E-state index in [-0.39, 0.29) is 11.6 Å². The Kier molecular flexibility index (Phi) is 4.30. The first-order valence-corrected chi connectivity index (χ1v) is 7.00. The fraction of sp³-hybridized carbons (Fsp3) is 0.571. The number of nitrogens with zero attached hydrogens (tertiary/aromatic N) is 1. The number of carbonyl (C=O) groups is 1. The molecule has 0 aliphatic heterocycles. The summed E-state index contributed by atoms with van der Waals surface area (Å²) in [5.74, 6) is 0.692. The quantitative estimate of drug-likeness (QED) is 0.831. The maximum absolute atomic E-state index is 11.2. The first-order valence-electron chi connectivity index (χ1n) is 6.62. The molecule has 0 aromatic carbocycles. The zero-order valence-electron chi connectivity index (χ0n) is 11.2. The van der Waals surface area contributed by atoms with Crippen LogP contribution in [0.15, 0.2) is 12.1 Å². The van der Waals surface area contributed by atoms with Gasteiger partial charge in [-0.3, -0.25) is 0 Å². The van der Waals surface area contributed by atoms with E-state index in [0.29, 0.717) is 22.8 Å². The number of rotatable bonds is 3. The Morgan fingerprint density at radius 1 is 1.32 bits per heavy atom. The summed E-state index contributed by atoms with van der Waals surface area (Å²) in [6.07, 6.45) is 3.31. The van der Waals surface area contributed by atoms with Crippen molar-refractivity contribution in [2.24, 2.45) is 11.8 Å². The first kappa shape index (κ1) is 14.1. The Balaban J connectivity index is 2.18. The molecule has 1 aromatic rings. The molecule has 1 heterocycles. The van der Waals surface area contributed by atoms with Crippen molar-refractivity contribution in [3.8, 4) is 0 Å². The molecule has 0 radical (unpaired) electrons. The second-order valence-corrected chi connectivity index (χ2v) is 5.98. The van der Waals surface area contributed by atoms with Crippen molar-refractivity contribution in [3.05, 3.63) is 22.8 Å². The normalized spacial score (nSPS) is 27.0. The van der Waals surface area contributed by atoms with Crippen LogP contribution in [0.2, 0.25) is 5.15 Å². The van der Waals surface area contributed by atoms with E-state index in [4.69, 9.17) is 16.7 Å². The SMILES string of the molecule is CC1CC(C)CC(Nc2nc(Cl)ccc2C(=O)O)C1. The van der Waals surface area contributed by atoms with E-state index in [0.717, 1.165) is 12.8 Å². The average Bonchev–Trinajstić information content (AvgIpc) is 2.26. The fourth-order valence-corrected chi connectivity index (χ4v) is 3.12. The van der Waals surface area contributed by atoms with Crippen LogP contribution in [0.25, 0.3) is 0 Å². The summed E-state index contributed by atoms with van der Waals surface area (Å²) >= 11 is 5.85. The zero-order chi connectivity index (χ0) is 14.0. The second kappa shape index (κ2) is 5.78. The molecule has 2 unspecified atom stereocenters. The largest absolute Gasteiger partial charge is 0.478 e. The third-order valence-electron chi connectivity index (χ3n) is 3.61. The zero-order valence-corrected chi connectivity index (χ0v) is 11.9. The van der Waals surface area contributed by atoms with Gasteiger partial charge in [0.25, 0.3) is 0 Å². The van der Waals surface area contributed by atoms with E-state index >= 15 is 0 Å². The highest BCUT2D eigenvalue weighted by Gasteiger charge is 2.25. The number of carboxylic acids is 1. The number of carboxylic acid groups (broad SMARTS) is 1. The Bertz CT molecular complexity index is 469. The summed E-state index contributed by atoms with van der Waals surface area (Å²) in [4.78, 5) is 15.3. The molecule has 4 nitrogen and oxygen atoms in total. The Morgan fingerprint density at radius 3 is 2.53 bits per heavy atom. The highest BCUT2D eigenvalue weighted by atomic mass is 35.5. The van der Waals surface area contributed by atoms with Gasteiger partial charge in [0.15, 0.2) is 0 Å². The van der Waals surface area contributed by atoms with E-state index in [1.807, 2.05) is 0 Å². The van der Waals surface area contributed by atoms with Crippen LogP contribution in [0.4, 0.5) is 5.82 Å². The topological polar surface area (TPSA) is 62.2 Å². The molecule has 1 aliphatic rings. The lowest BCUT2D eigenvalue weighted by molar-refractivity contribution is 0.0697. The van der Waals surface area contributed by atoms with Gasteiger partial charge in [-0.1, -0.05) is 25.4 Å². The van der Waals surface area contributed by atoms with Gasteiger partial charge in [-0.15, -0.1) is 0 Å². The van der Waals surface area contributed by atoms with Crippen molar-refractivity contribution < 1.29 is 9.90 Å². The van der Waals surface area contributed by atoms with Crippen LogP contribution in [0.1, 0.15) is 43.5 Å². The van der Waals surface area contributed by atoms with E-state index in [9.17, 15) is 4.79 Å². The smallest absolute Gasteiger partial charge is 0.339 e. The molecule has 1 aliphatic carbocycles. The third kappa shape index (κ3) is 3.60. The number of anilines is 1. The van der Waals surface area contributed by atoms with Crippen LogP contribution < -0.4 is 5.32 Å². The minimum Gasteiger partial charge on any atom is -0.478 e. The number of hydrogen-bond acceptors (Lipinski definition) is 3. The molecule has 0 saturated heterocycles. The molecule has 104 valence electrons. The molecule has 0 bridgehead atoms. The van der Waals surface area contributed by atoms with Crippen LogP contribution in [-0.4, -0.2) is 22.1 Å². The summed E-state index contributed by atoms with van der Waals surface area (Å²) < 4.78 is 0. The van der Waals surface area contributed by atoms with Gasteiger partial charge < -0.3 is 10.4 Å². The summed E-state index contributed by atoms with van der Waals surface area (Å²) in [5.41, 5.74) is 0.176. The molecule has 1 saturated carbocycles. The Morgan fingerprint density at radius 2 is 1.95 bits per heavy atom. The number of hydrogen-bond donors (Lipinski definition) is 2. The summed E-state index contributed by atoms with van der Waals surface area (Å²) in [7, 11) is 0. The van der Waals surface area contributed by atoms with Crippen molar-refractivity contribution >= 4 is 23.4 Å². The van der Waals surface area contributed by atoms with Crippen LogP contribution in [0.3, 0.4) is 0 Å². The minimum atomic E-state index is -0.983. The summed E-state index contributed by atoms with van der Waals surface area (Å²) in [6, 6.07) is 3.26. The predicted octanol–water partition coefficient (Wildman–Crippen LogP) is 3.67. The van der Waals surface area contributed by atoms with E-state index < -0.39 is 5.97 Å². The summed E-state index contributed by atoms with van der Waals surface area (Å²) in [5, 5.41) is 12.7. The van der Waals surface area contributed by atoms with Crippen LogP contribution in [0.5, 0.6) is 0 Å². The van der Waals surface area contributed by atoms with Crippen molar-refractivity contribution in [1.82, 2.24) is 4.98 Å². The molecular formula is C14H19ClN2O2. The average molecular weight is 283 g/mol.